The van der Waals surface area contributed by atoms with Gasteiger partial charge in [-0.1, -0.05) is 28.1 Å². The van der Waals surface area contributed by atoms with E-state index in [1.54, 1.807) is 13.1 Å². The van der Waals surface area contributed by atoms with Crippen LogP contribution in [0.3, 0.4) is 0 Å². The molecule has 2 aromatic rings. The van der Waals surface area contributed by atoms with Crippen molar-refractivity contribution < 1.29 is 5.11 Å². The largest absolute Gasteiger partial charge is 0.388 e. The smallest absolute Gasteiger partial charge is 0.123 e. The van der Waals surface area contributed by atoms with Crippen LogP contribution in [0.1, 0.15) is 23.5 Å². The van der Waals surface area contributed by atoms with E-state index in [-0.39, 0.29) is 0 Å². The number of nitrogens with zero attached hydrogens (tertiary/aromatic N) is 1. The highest BCUT2D eigenvalue weighted by Crippen LogP contribution is 2.31. The fourth-order valence-corrected chi connectivity index (χ4v) is 2.57. The van der Waals surface area contributed by atoms with E-state index in [0.717, 1.165) is 19.9 Å². The first-order valence-corrected chi connectivity index (χ1v) is 6.59. The van der Waals surface area contributed by atoms with Crippen LogP contribution in [-0.2, 0) is 0 Å². The number of aliphatic hydroxyl groups is 1. The summed E-state index contributed by atoms with van der Waals surface area (Å²) in [6.07, 6.45) is 1.29. The van der Waals surface area contributed by atoms with Gasteiger partial charge in [-0.2, -0.15) is 0 Å². The van der Waals surface area contributed by atoms with Gasteiger partial charge in [0.1, 0.15) is 5.01 Å². The third-order valence-corrected chi connectivity index (χ3v) is 4.43. The molecule has 2 nitrogen and oxygen atoms in total. The van der Waals surface area contributed by atoms with Crippen molar-refractivity contribution in [1.29, 1.82) is 0 Å². The number of thiazole rings is 1. The molecule has 2 rings (SSSR count). The molecule has 1 heterocycles. The van der Waals surface area contributed by atoms with Crippen molar-refractivity contribution in [2.24, 2.45) is 0 Å². The second-order valence-corrected chi connectivity index (χ2v) is 5.62. The third-order valence-electron chi connectivity index (χ3n) is 2.35. The minimum absolute atomic E-state index is 0.444. The van der Waals surface area contributed by atoms with E-state index in [2.05, 4.69) is 40.0 Å². The van der Waals surface area contributed by atoms with Crippen LogP contribution in [0, 0.1) is 6.92 Å². The summed E-state index contributed by atoms with van der Waals surface area (Å²) in [6.45, 7) is 3.80. The van der Waals surface area contributed by atoms with E-state index in [1.165, 1.54) is 16.9 Å². The highest BCUT2D eigenvalue weighted by atomic mass is 79.9. The molecular formula is C12H12BrNOS. The highest BCUT2D eigenvalue weighted by molar-refractivity contribution is 9.10. The second-order valence-electron chi connectivity index (χ2n) is 3.71. The van der Waals surface area contributed by atoms with Crippen molar-refractivity contribution in [3.63, 3.8) is 0 Å². The van der Waals surface area contributed by atoms with Gasteiger partial charge in [-0.3, -0.25) is 0 Å². The molecule has 0 aliphatic rings. The molecule has 1 N–H and O–H groups in total. The molecule has 0 bridgehead atoms. The van der Waals surface area contributed by atoms with E-state index < -0.39 is 6.10 Å². The Morgan fingerprint density at radius 1 is 1.44 bits per heavy atom. The van der Waals surface area contributed by atoms with Crippen molar-refractivity contribution in [1.82, 2.24) is 4.98 Å². The molecule has 1 aromatic carbocycles. The Bertz CT molecular complexity index is 507. The lowest BCUT2D eigenvalue weighted by Gasteiger charge is -2.01. The minimum Gasteiger partial charge on any atom is -0.388 e. The van der Waals surface area contributed by atoms with E-state index in [9.17, 15) is 5.11 Å². The van der Waals surface area contributed by atoms with Crippen molar-refractivity contribution in [2.45, 2.75) is 20.0 Å². The van der Waals surface area contributed by atoms with Gasteiger partial charge in [0.05, 0.1) is 11.0 Å². The number of halogens is 1. The summed E-state index contributed by atoms with van der Waals surface area (Å²) in [5, 5.41) is 10.4. The quantitative estimate of drug-likeness (QED) is 0.911. The molecule has 16 heavy (non-hydrogen) atoms. The molecular weight excluding hydrogens is 286 g/mol. The highest BCUT2D eigenvalue weighted by Gasteiger charge is 2.09. The Morgan fingerprint density at radius 2 is 2.19 bits per heavy atom. The van der Waals surface area contributed by atoms with E-state index in [1.807, 2.05) is 6.07 Å². The molecule has 0 saturated carbocycles. The van der Waals surface area contributed by atoms with Gasteiger partial charge in [0.2, 0.25) is 0 Å². The van der Waals surface area contributed by atoms with E-state index >= 15 is 0 Å². The average molecular weight is 298 g/mol. The van der Waals surface area contributed by atoms with Crippen LogP contribution < -0.4 is 0 Å². The van der Waals surface area contributed by atoms with Gasteiger partial charge in [-0.15, -0.1) is 11.3 Å². The molecule has 0 amide bonds. The number of benzene rings is 1. The summed E-state index contributed by atoms with van der Waals surface area (Å²) in [5.74, 6) is 0. The molecule has 0 fully saturated rings. The van der Waals surface area contributed by atoms with E-state index in [0.29, 0.717) is 0 Å². The number of aliphatic hydroxyl groups excluding tert-OH is 1. The van der Waals surface area contributed by atoms with Crippen LogP contribution in [-0.4, -0.2) is 10.1 Å². The maximum Gasteiger partial charge on any atom is 0.123 e. The van der Waals surface area contributed by atoms with E-state index in [4.69, 9.17) is 0 Å². The molecule has 0 spiro atoms. The Hall–Kier alpha value is -0.710. The summed E-state index contributed by atoms with van der Waals surface area (Å²) in [6, 6.07) is 6.16. The van der Waals surface area contributed by atoms with Crippen LogP contribution in [0.25, 0.3) is 10.6 Å². The number of rotatable bonds is 2. The minimum atomic E-state index is -0.444. The predicted molar refractivity (Wildman–Crippen MR) is 70.6 cm³/mol. The standard InChI is InChI=1S/C12H12BrNOS/c1-7-3-4-9(5-10(7)13)12-14-6-11(16-12)8(2)15/h3-6,8,15H,1-2H3. The number of hydrogen-bond acceptors (Lipinski definition) is 3. The predicted octanol–water partition coefficient (Wildman–Crippen LogP) is 3.93. The molecule has 1 atom stereocenters. The number of hydrogen-bond donors (Lipinski definition) is 1. The first-order chi connectivity index (χ1) is 7.58. The van der Waals surface area contributed by atoms with Gasteiger partial charge in [0, 0.05) is 16.2 Å². The Balaban J connectivity index is 2.39. The Morgan fingerprint density at radius 3 is 2.75 bits per heavy atom. The summed E-state index contributed by atoms with van der Waals surface area (Å²) in [7, 11) is 0. The molecule has 84 valence electrons. The van der Waals surface area contributed by atoms with Gasteiger partial charge in [-0.05, 0) is 25.5 Å². The first kappa shape index (κ1) is 11.8. The Kier molecular flexibility index (Phi) is 3.42. The summed E-state index contributed by atoms with van der Waals surface area (Å²) >= 11 is 5.03. The molecule has 1 unspecified atom stereocenters. The first-order valence-electron chi connectivity index (χ1n) is 4.98. The average Bonchev–Trinajstić information content (AvgIpc) is 2.71. The van der Waals surface area contributed by atoms with Gasteiger partial charge >= 0.3 is 0 Å². The zero-order chi connectivity index (χ0) is 11.7. The summed E-state index contributed by atoms with van der Waals surface area (Å²) in [5.41, 5.74) is 2.28. The molecule has 0 saturated heterocycles. The van der Waals surface area contributed by atoms with Crippen molar-refractivity contribution in [2.75, 3.05) is 0 Å². The van der Waals surface area contributed by atoms with Crippen LogP contribution in [0.4, 0.5) is 0 Å². The zero-order valence-corrected chi connectivity index (χ0v) is 11.5. The van der Waals surface area contributed by atoms with Crippen LogP contribution in [0.2, 0.25) is 0 Å². The fourth-order valence-electron chi connectivity index (χ4n) is 1.34. The lowest BCUT2D eigenvalue weighted by molar-refractivity contribution is 0.203. The van der Waals surface area contributed by atoms with Crippen LogP contribution >= 0.6 is 27.3 Å². The van der Waals surface area contributed by atoms with Gasteiger partial charge < -0.3 is 5.11 Å². The zero-order valence-electron chi connectivity index (χ0n) is 9.07. The maximum absolute atomic E-state index is 9.44. The number of aromatic nitrogens is 1. The van der Waals surface area contributed by atoms with Crippen molar-refractivity contribution in [3.05, 3.63) is 39.3 Å². The van der Waals surface area contributed by atoms with Crippen molar-refractivity contribution in [3.8, 4) is 10.6 Å². The lowest BCUT2D eigenvalue weighted by Crippen LogP contribution is -1.83. The normalized spacial score (nSPS) is 12.8. The molecule has 1 aromatic heterocycles. The van der Waals surface area contributed by atoms with Gasteiger partial charge in [-0.25, -0.2) is 4.98 Å². The number of aryl methyl sites for hydroxylation is 1. The van der Waals surface area contributed by atoms with Crippen LogP contribution in [0.15, 0.2) is 28.9 Å². The van der Waals surface area contributed by atoms with Gasteiger partial charge in [0.25, 0.3) is 0 Å². The maximum atomic E-state index is 9.44. The second kappa shape index (κ2) is 4.65. The van der Waals surface area contributed by atoms with Crippen LogP contribution in [0.5, 0.6) is 0 Å². The SMILES string of the molecule is Cc1ccc(-c2ncc(C(C)O)s2)cc1Br. The molecule has 4 heteroatoms. The molecule has 0 radical (unpaired) electrons. The monoisotopic (exact) mass is 297 g/mol. The summed E-state index contributed by atoms with van der Waals surface area (Å²) in [4.78, 5) is 5.21. The van der Waals surface area contributed by atoms with Crippen molar-refractivity contribution >= 4 is 27.3 Å². The third kappa shape index (κ3) is 2.34. The molecule has 0 aliphatic carbocycles. The summed E-state index contributed by atoms with van der Waals surface area (Å²) < 4.78 is 1.08. The fraction of sp³-hybridized carbons (Fsp3) is 0.250. The topological polar surface area (TPSA) is 33.1 Å². The Labute approximate surface area is 107 Å². The molecule has 0 aliphatic heterocycles. The lowest BCUT2D eigenvalue weighted by atomic mass is 10.2. The van der Waals surface area contributed by atoms with Gasteiger partial charge in [0.15, 0.2) is 0 Å².